The van der Waals surface area contributed by atoms with Crippen LogP contribution in [0, 0.1) is 0 Å². The molecule has 4 heteroatoms. The average molecular weight is 198 g/mol. The van der Waals surface area contributed by atoms with Crippen molar-refractivity contribution in [1.29, 1.82) is 0 Å². The van der Waals surface area contributed by atoms with Crippen LogP contribution < -0.4 is 0 Å². The molecule has 3 nitrogen and oxygen atoms in total. The van der Waals surface area contributed by atoms with Crippen LogP contribution in [0.25, 0.3) is 0 Å². The van der Waals surface area contributed by atoms with Gasteiger partial charge in [-0.15, -0.1) is 0 Å². The molecule has 1 aromatic carbocycles. The number of carbonyl (C=O) groups excluding carboxylic acids is 1. The maximum absolute atomic E-state index is 11.2. The van der Waals surface area contributed by atoms with Crippen LogP contribution in [0.5, 0.6) is 0 Å². The summed E-state index contributed by atoms with van der Waals surface area (Å²) in [5.41, 5.74) is 0.556. The summed E-state index contributed by atoms with van der Waals surface area (Å²) in [7, 11) is -3.21. The Morgan fingerprint density at radius 1 is 1.31 bits per heavy atom. The van der Waals surface area contributed by atoms with Gasteiger partial charge >= 0.3 is 0 Å². The number of rotatable bonds is 3. The number of hydrogen-bond donors (Lipinski definition) is 0. The Morgan fingerprint density at radius 2 is 1.92 bits per heavy atom. The number of benzene rings is 1. The molecule has 13 heavy (non-hydrogen) atoms. The standard InChI is InChI=1S/C9H10O3S/c1-13(11,12)9-5-3-2-4-8(9)6-7-10/h2-5,7H,6H2,1H3. The fourth-order valence-electron chi connectivity index (χ4n) is 1.12. The largest absolute Gasteiger partial charge is 0.303 e. The molecule has 0 spiro atoms. The van der Waals surface area contributed by atoms with Gasteiger partial charge in [0.2, 0.25) is 0 Å². The molecule has 0 bridgehead atoms. The Kier molecular flexibility index (Phi) is 2.83. The molecule has 0 aliphatic heterocycles. The van der Waals surface area contributed by atoms with Gasteiger partial charge in [0.25, 0.3) is 0 Å². The van der Waals surface area contributed by atoms with Crippen LogP contribution >= 0.6 is 0 Å². The lowest BCUT2D eigenvalue weighted by atomic mass is 10.2. The Morgan fingerprint density at radius 3 is 2.46 bits per heavy atom. The molecular weight excluding hydrogens is 188 g/mol. The number of hydrogen-bond acceptors (Lipinski definition) is 3. The van der Waals surface area contributed by atoms with Gasteiger partial charge in [-0.2, -0.15) is 0 Å². The highest BCUT2D eigenvalue weighted by molar-refractivity contribution is 7.90. The van der Waals surface area contributed by atoms with E-state index in [0.29, 0.717) is 11.8 Å². The minimum absolute atomic E-state index is 0.142. The van der Waals surface area contributed by atoms with E-state index < -0.39 is 9.84 Å². The van der Waals surface area contributed by atoms with Crippen molar-refractivity contribution in [2.75, 3.05) is 6.26 Å². The van der Waals surface area contributed by atoms with E-state index in [1.807, 2.05) is 0 Å². The molecule has 70 valence electrons. The highest BCUT2D eigenvalue weighted by atomic mass is 32.2. The predicted octanol–water partition coefficient (Wildman–Crippen LogP) is 0.832. The summed E-state index contributed by atoms with van der Waals surface area (Å²) >= 11 is 0. The summed E-state index contributed by atoms with van der Waals surface area (Å²) in [6.07, 6.45) is 1.98. The van der Waals surface area contributed by atoms with Gasteiger partial charge in [0.1, 0.15) is 6.29 Å². The lowest BCUT2D eigenvalue weighted by Crippen LogP contribution is -2.02. The second-order valence-corrected chi connectivity index (χ2v) is 4.73. The van der Waals surface area contributed by atoms with E-state index in [-0.39, 0.29) is 11.3 Å². The Balaban J connectivity index is 3.28. The van der Waals surface area contributed by atoms with Crippen molar-refractivity contribution < 1.29 is 13.2 Å². The molecule has 0 aromatic heterocycles. The predicted molar refractivity (Wildman–Crippen MR) is 49.3 cm³/mol. The van der Waals surface area contributed by atoms with E-state index in [1.165, 1.54) is 6.07 Å². The van der Waals surface area contributed by atoms with Crippen LogP contribution in [0.3, 0.4) is 0 Å². The zero-order valence-electron chi connectivity index (χ0n) is 7.23. The Labute approximate surface area is 77.3 Å². The van der Waals surface area contributed by atoms with Gasteiger partial charge in [-0.3, -0.25) is 0 Å². The number of carbonyl (C=O) groups is 1. The van der Waals surface area contributed by atoms with Crippen LogP contribution in [-0.4, -0.2) is 21.0 Å². The minimum atomic E-state index is -3.21. The Hall–Kier alpha value is -1.16. The molecule has 0 radical (unpaired) electrons. The highest BCUT2D eigenvalue weighted by Crippen LogP contribution is 2.14. The van der Waals surface area contributed by atoms with E-state index in [9.17, 15) is 13.2 Å². The molecular formula is C9H10O3S. The molecule has 0 aliphatic rings. The van der Waals surface area contributed by atoms with Gasteiger partial charge in [-0.25, -0.2) is 8.42 Å². The monoisotopic (exact) mass is 198 g/mol. The van der Waals surface area contributed by atoms with Gasteiger partial charge in [0.15, 0.2) is 9.84 Å². The summed E-state index contributed by atoms with van der Waals surface area (Å²) in [4.78, 5) is 10.5. The van der Waals surface area contributed by atoms with Crippen LogP contribution in [0.4, 0.5) is 0 Å². The van der Waals surface area contributed by atoms with Crippen LogP contribution in [0.2, 0.25) is 0 Å². The number of aldehydes is 1. The molecule has 0 unspecified atom stereocenters. The summed E-state index contributed by atoms with van der Waals surface area (Å²) in [6, 6.07) is 6.51. The molecule has 0 saturated carbocycles. The van der Waals surface area contributed by atoms with E-state index in [1.54, 1.807) is 18.2 Å². The smallest absolute Gasteiger partial charge is 0.175 e. The topological polar surface area (TPSA) is 51.2 Å². The second kappa shape index (κ2) is 3.70. The summed E-state index contributed by atoms with van der Waals surface area (Å²) in [6.45, 7) is 0. The summed E-state index contributed by atoms with van der Waals surface area (Å²) < 4.78 is 22.4. The van der Waals surface area contributed by atoms with Crippen molar-refractivity contribution in [1.82, 2.24) is 0 Å². The van der Waals surface area contributed by atoms with Crippen molar-refractivity contribution in [3.05, 3.63) is 29.8 Å². The van der Waals surface area contributed by atoms with Gasteiger partial charge in [-0.1, -0.05) is 18.2 Å². The average Bonchev–Trinajstić information content (AvgIpc) is 2.04. The van der Waals surface area contributed by atoms with Crippen molar-refractivity contribution in [2.45, 2.75) is 11.3 Å². The van der Waals surface area contributed by atoms with Crippen molar-refractivity contribution in [3.8, 4) is 0 Å². The molecule has 0 heterocycles. The second-order valence-electron chi connectivity index (χ2n) is 2.75. The van der Waals surface area contributed by atoms with E-state index in [4.69, 9.17) is 0 Å². The molecule has 0 aliphatic carbocycles. The number of sulfone groups is 1. The van der Waals surface area contributed by atoms with Crippen LogP contribution in [0.15, 0.2) is 29.2 Å². The van der Waals surface area contributed by atoms with Gasteiger partial charge in [0, 0.05) is 12.7 Å². The van der Waals surface area contributed by atoms with Gasteiger partial charge in [-0.05, 0) is 11.6 Å². The molecule has 0 N–H and O–H groups in total. The first-order valence-electron chi connectivity index (χ1n) is 3.77. The van der Waals surface area contributed by atoms with E-state index in [0.717, 1.165) is 6.26 Å². The highest BCUT2D eigenvalue weighted by Gasteiger charge is 2.11. The van der Waals surface area contributed by atoms with E-state index >= 15 is 0 Å². The van der Waals surface area contributed by atoms with Gasteiger partial charge < -0.3 is 4.79 Å². The van der Waals surface area contributed by atoms with Crippen LogP contribution in [0.1, 0.15) is 5.56 Å². The first-order valence-corrected chi connectivity index (χ1v) is 5.66. The third-order valence-corrected chi connectivity index (χ3v) is 2.87. The molecule has 1 rings (SSSR count). The van der Waals surface area contributed by atoms with Gasteiger partial charge in [0.05, 0.1) is 4.90 Å². The molecule has 0 saturated heterocycles. The van der Waals surface area contributed by atoms with Crippen molar-refractivity contribution in [2.24, 2.45) is 0 Å². The lowest BCUT2D eigenvalue weighted by Gasteiger charge is -2.03. The zero-order valence-corrected chi connectivity index (χ0v) is 8.04. The molecule has 0 fully saturated rings. The fourth-order valence-corrected chi connectivity index (χ4v) is 2.08. The molecule has 0 atom stereocenters. The maximum atomic E-state index is 11.2. The Bertz CT molecular complexity index is 407. The summed E-state index contributed by atoms with van der Waals surface area (Å²) in [5.74, 6) is 0. The van der Waals surface area contributed by atoms with E-state index in [2.05, 4.69) is 0 Å². The quantitative estimate of drug-likeness (QED) is 0.676. The van der Waals surface area contributed by atoms with Crippen LogP contribution in [-0.2, 0) is 21.1 Å². The first-order chi connectivity index (χ1) is 6.05. The summed E-state index contributed by atoms with van der Waals surface area (Å²) in [5, 5.41) is 0. The molecule has 0 amide bonds. The van der Waals surface area contributed by atoms with Crippen molar-refractivity contribution in [3.63, 3.8) is 0 Å². The fraction of sp³-hybridized carbons (Fsp3) is 0.222. The normalized spacial score (nSPS) is 11.2. The molecule has 1 aromatic rings. The third kappa shape index (κ3) is 2.39. The lowest BCUT2D eigenvalue weighted by molar-refractivity contribution is -0.107. The maximum Gasteiger partial charge on any atom is 0.175 e. The third-order valence-electron chi connectivity index (χ3n) is 1.68. The zero-order chi connectivity index (χ0) is 9.90. The minimum Gasteiger partial charge on any atom is -0.303 e. The SMILES string of the molecule is CS(=O)(=O)c1ccccc1CC=O. The van der Waals surface area contributed by atoms with Crippen molar-refractivity contribution >= 4 is 16.1 Å². The first kappa shape index (κ1) is 9.92.